The van der Waals surface area contributed by atoms with Gasteiger partial charge < -0.3 is 9.88 Å². The van der Waals surface area contributed by atoms with E-state index in [2.05, 4.69) is 20.1 Å². The monoisotopic (exact) mass is 426 g/mol. The van der Waals surface area contributed by atoms with Gasteiger partial charge in [-0.25, -0.2) is 0 Å². The van der Waals surface area contributed by atoms with Crippen LogP contribution in [0.4, 0.5) is 18.9 Å². The average Bonchev–Trinajstić information content (AvgIpc) is 3.00. The van der Waals surface area contributed by atoms with Gasteiger partial charge in [0, 0.05) is 30.3 Å². The maximum atomic E-state index is 13.5. The highest BCUT2D eigenvalue weighted by Crippen LogP contribution is 2.34. The fourth-order valence-electron chi connectivity index (χ4n) is 3.69. The number of rotatable bonds is 4. The highest BCUT2D eigenvalue weighted by atomic mass is 19.4. The van der Waals surface area contributed by atoms with Crippen molar-refractivity contribution in [2.45, 2.75) is 38.4 Å². The fraction of sp³-hybridized carbons (Fsp3) is 0.261. The van der Waals surface area contributed by atoms with Crippen LogP contribution in [0.3, 0.4) is 0 Å². The lowest BCUT2D eigenvalue weighted by Gasteiger charge is -2.12. The molecule has 1 N–H and O–H groups in total. The maximum Gasteiger partial charge on any atom is 0.417 e. The predicted molar refractivity (Wildman–Crippen MR) is 112 cm³/mol. The highest BCUT2D eigenvalue weighted by Gasteiger charge is 2.35. The summed E-state index contributed by atoms with van der Waals surface area (Å²) in [6, 6.07) is 14.2. The summed E-state index contributed by atoms with van der Waals surface area (Å²) >= 11 is 0. The van der Waals surface area contributed by atoms with Crippen molar-refractivity contribution >= 4 is 17.2 Å². The highest BCUT2D eigenvalue weighted by molar-refractivity contribution is 6.04. The first kappa shape index (κ1) is 20.8. The summed E-state index contributed by atoms with van der Waals surface area (Å²) in [5.74, 6) is 0.778. The molecule has 160 valence electrons. The van der Waals surface area contributed by atoms with Gasteiger partial charge in [0.15, 0.2) is 5.82 Å². The van der Waals surface area contributed by atoms with Crippen molar-refractivity contribution in [1.82, 2.24) is 14.8 Å². The van der Waals surface area contributed by atoms with E-state index in [1.165, 1.54) is 24.3 Å². The topological polar surface area (TPSA) is 59.8 Å². The van der Waals surface area contributed by atoms with Gasteiger partial charge in [-0.15, -0.1) is 10.2 Å². The van der Waals surface area contributed by atoms with Crippen LogP contribution in [-0.2, 0) is 17.8 Å². The molecule has 0 atom stereocenters. The van der Waals surface area contributed by atoms with Crippen LogP contribution in [0.1, 0.15) is 30.7 Å². The zero-order valence-electron chi connectivity index (χ0n) is 16.7. The minimum Gasteiger partial charge on any atom is -0.322 e. The SMILES string of the molecule is O=C(C=C(c1ccccc1)C(F)(F)F)Nc1cccc(-c2nnc3n2CCCCC3)c1. The first-order valence-electron chi connectivity index (χ1n) is 10.1. The van der Waals surface area contributed by atoms with Gasteiger partial charge in [0.1, 0.15) is 5.82 Å². The number of fused-ring (bicyclic) bond motifs is 1. The summed E-state index contributed by atoms with van der Waals surface area (Å²) in [6.45, 7) is 0.822. The largest absolute Gasteiger partial charge is 0.417 e. The zero-order chi connectivity index (χ0) is 21.8. The summed E-state index contributed by atoms with van der Waals surface area (Å²) in [5, 5.41) is 11.1. The van der Waals surface area contributed by atoms with Crippen LogP contribution >= 0.6 is 0 Å². The number of aromatic nitrogens is 3. The van der Waals surface area contributed by atoms with Gasteiger partial charge in [-0.2, -0.15) is 13.2 Å². The zero-order valence-corrected chi connectivity index (χ0v) is 16.7. The minimum absolute atomic E-state index is 0.0648. The molecule has 0 saturated heterocycles. The van der Waals surface area contributed by atoms with E-state index in [1.807, 2.05) is 6.07 Å². The number of hydrogen-bond donors (Lipinski definition) is 1. The second-order valence-corrected chi connectivity index (χ2v) is 7.39. The number of anilines is 1. The Morgan fingerprint density at radius 2 is 1.81 bits per heavy atom. The molecular weight excluding hydrogens is 405 g/mol. The van der Waals surface area contributed by atoms with Crippen molar-refractivity contribution in [2.75, 3.05) is 5.32 Å². The van der Waals surface area contributed by atoms with Crippen molar-refractivity contribution < 1.29 is 18.0 Å². The van der Waals surface area contributed by atoms with Crippen LogP contribution in [0.15, 0.2) is 60.7 Å². The molecule has 0 aliphatic carbocycles. The number of hydrogen-bond acceptors (Lipinski definition) is 3. The predicted octanol–water partition coefficient (Wildman–Crippen LogP) is 5.26. The Kier molecular flexibility index (Phi) is 5.88. The van der Waals surface area contributed by atoms with Crippen molar-refractivity contribution in [2.24, 2.45) is 0 Å². The molecule has 0 fully saturated rings. The molecule has 1 aliphatic heterocycles. The third-order valence-corrected chi connectivity index (χ3v) is 5.16. The molecule has 0 unspecified atom stereocenters. The van der Waals surface area contributed by atoms with Gasteiger partial charge in [-0.1, -0.05) is 48.9 Å². The number of carbonyl (C=O) groups excluding carboxylic acids is 1. The van der Waals surface area contributed by atoms with Gasteiger partial charge in [-0.3, -0.25) is 4.79 Å². The number of alkyl halides is 3. The lowest BCUT2D eigenvalue weighted by Crippen LogP contribution is -2.16. The van der Waals surface area contributed by atoms with Crippen LogP contribution in [0.25, 0.3) is 17.0 Å². The summed E-state index contributed by atoms with van der Waals surface area (Å²) in [7, 11) is 0. The van der Waals surface area contributed by atoms with E-state index in [0.29, 0.717) is 17.6 Å². The van der Waals surface area contributed by atoms with E-state index in [9.17, 15) is 18.0 Å². The van der Waals surface area contributed by atoms with E-state index in [1.54, 1.807) is 24.3 Å². The lowest BCUT2D eigenvalue weighted by atomic mass is 10.1. The second kappa shape index (κ2) is 8.75. The van der Waals surface area contributed by atoms with Crippen molar-refractivity contribution in [3.8, 4) is 11.4 Å². The molecule has 3 aromatic rings. The Morgan fingerprint density at radius 3 is 2.58 bits per heavy atom. The van der Waals surface area contributed by atoms with E-state index >= 15 is 0 Å². The quantitative estimate of drug-likeness (QED) is 0.579. The van der Waals surface area contributed by atoms with E-state index in [-0.39, 0.29) is 5.56 Å². The third kappa shape index (κ3) is 4.84. The number of benzene rings is 2. The molecule has 31 heavy (non-hydrogen) atoms. The summed E-state index contributed by atoms with van der Waals surface area (Å²) < 4.78 is 42.5. The Hall–Kier alpha value is -3.42. The van der Waals surface area contributed by atoms with Gasteiger partial charge in [0.05, 0.1) is 5.57 Å². The maximum absolute atomic E-state index is 13.5. The average molecular weight is 426 g/mol. The number of nitrogens with zero attached hydrogens (tertiary/aromatic N) is 3. The Labute approximate surface area is 177 Å². The number of allylic oxidation sites excluding steroid dienone is 1. The molecule has 0 radical (unpaired) electrons. The standard InChI is InChI=1S/C23H21F3N4O/c24-23(25,26)19(16-8-3-1-4-9-16)15-21(31)27-18-11-7-10-17(14-18)22-29-28-20-12-5-2-6-13-30(20)22/h1,3-4,7-11,14-15H,2,5-6,12-13H2,(H,27,31). The van der Waals surface area contributed by atoms with Crippen molar-refractivity contribution in [3.63, 3.8) is 0 Å². The van der Waals surface area contributed by atoms with Gasteiger partial charge in [0.2, 0.25) is 5.91 Å². The number of amides is 1. The van der Waals surface area contributed by atoms with Crippen LogP contribution < -0.4 is 5.32 Å². The molecule has 1 aliphatic rings. The lowest BCUT2D eigenvalue weighted by molar-refractivity contribution is -0.112. The normalized spacial score (nSPS) is 14.6. The molecule has 0 saturated carbocycles. The minimum atomic E-state index is -4.65. The Morgan fingerprint density at radius 1 is 1.00 bits per heavy atom. The molecule has 4 rings (SSSR count). The van der Waals surface area contributed by atoms with Gasteiger partial charge in [0.25, 0.3) is 0 Å². The molecule has 2 aromatic carbocycles. The number of halogens is 3. The summed E-state index contributed by atoms with van der Waals surface area (Å²) in [4.78, 5) is 12.4. The van der Waals surface area contributed by atoms with E-state index < -0.39 is 17.7 Å². The first-order valence-corrected chi connectivity index (χ1v) is 10.1. The van der Waals surface area contributed by atoms with Crippen LogP contribution in [0, 0.1) is 0 Å². The van der Waals surface area contributed by atoms with Crippen LogP contribution in [0.5, 0.6) is 0 Å². The molecular formula is C23H21F3N4O. The van der Waals surface area contributed by atoms with Crippen molar-refractivity contribution in [1.29, 1.82) is 0 Å². The fourth-order valence-corrected chi connectivity index (χ4v) is 3.69. The summed E-state index contributed by atoms with van der Waals surface area (Å²) in [5.41, 5.74) is 0.0791. The van der Waals surface area contributed by atoms with E-state index in [0.717, 1.165) is 43.6 Å². The molecule has 1 aromatic heterocycles. The molecule has 5 nitrogen and oxygen atoms in total. The number of carbonyl (C=O) groups is 1. The number of aryl methyl sites for hydroxylation is 1. The van der Waals surface area contributed by atoms with Crippen LogP contribution in [-0.4, -0.2) is 26.8 Å². The van der Waals surface area contributed by atoms with Gasteiger partial charge in [-0.05, 0) is 30.5 Å². The Balaban J connectivity index is 1.58. The van der Waals surface area contributed by atoms with Crippen LogP contribution in [0.2, 0.25) is 0 Å². The smallest absolute Gasteiger partial charge is 0.322 e. The molecule has 8 heteroatoms. The molecule has 0 bridgehead atoms. The molecule has 1 amide bonds. The van der Waals surface area contributed by atoms with Crippen molar-refractivity contribution in [3.05, 3.63) is 72.1 Å². The first-order chi connectivity index (χ1) is 14.9. The number of nitrogens with one attached hydrogen (secondary N) is 1. The van der Waals surface area contributed by atoms with E-state index in [4.69, 9.17) is 0 Å². The second-order valence-electron chi connectivity index (χ2n) is 7.39. The summed E-state index contributed by atoms with van der Waals surface area (Å²) in [6.07, 6.45) is 0.0509. The molecule has 2 heterocycles. The Bertz CT molecular complexity index is 1100. The van der Waals surface area contributed by atoms with Gasteiger partial charge >= 0.3 is 6.18 Å². The molecule has 0 spiro atoms. The third-order valence-electron chi connectivity index (χ3n) is 5.16.